The maximum atomic E-state index is 12.4. The number of nitrogens with one attached hydrogen (secondary N) is 1. The Morgan fingerprint density at radius 3 is 2.57 bits per heavy atom. The number of nitrogens with zero attached hydrogens (tertiary/aromatic N) is 3. The molecule has 1 saturated heterocycles. The van der Waals surface area contributed by atoms with Crippen LogP contribution in [0.15, 0.2) is 9.79 Å². The maximum absolute atomic E-state index is 12.4. The molecule has 2 rings (SSSR count). The summed E-state index contributed by atoms with van der Waals surface area (Å²) in [5.74, 6) is -0.743. The monoisotopic (exact) mass is 290 g/mol. The Balaban J connectivity index is 2.72. The summed E-state index contributed by atoms with van der Waals surface area (Å²) in [4.78, 5) is 39.6. The minimum absolute atomic E-state index is 0.226. The van der Waals surface area contributed by atoms with Crippen LogP contribution in [0, 0.1) is 0 Å². The van der Waals surface area contributed by atoms with Gasteiger partial charge in [0.15, 0.2) is 0 Å². The zero-order chi connectivity index (χ0) is 15.6. The molecule has 2 amide bonds. The van der Waals surface area contributed by atoms with Crippen molar-refractivity contribution in [2.24, 2.45) is 12.0 Å². The Kier molecular flexibility index (Phi) is 4.21. The molecule has 1 aliphatic heterocycles. The number of carbonyl (C=O) groups excluding carboxylic acids is 2. The maximum Gasteiger partial charge on any atom is 0.329 e. The zero-order valence-corrected chi connectivity index (χ0v) is 12.3. The molecule has 21 heavy (non-hydrogen) atoms. The number of imide groups is 1. The molecule has 1 fully saturated rings. The van der Waals surface area contributed by atoms with Crippen LogP contribution >= 0.6 is 0 Å². The van der Waals surface area contributed by atoms with Crippen molar-refractivity contribution in [1.82, 2.24) is 14.5 Å². The molecule has 1 aromatic heterocycles. The summed E-state index contributed by atoms with van der Waals surface area (Å²) >= 11 is 0. The fourth-order valence-electron chi connectivity index (χ4n) is 2.54. The third kappa shape index (κ3) is 2.58. The lowest BCUT2D eigenvalue weighted by molar-refractivity contribution is -0.135. The van der Waals surface area contributed by atoms with E-state index < -0.39 is 11.9 Å². The summed E-state index contributed by atoms with van der Waals surface area (Å²) in [6, 6.07) is -0.674. The van der Waals surface area contributed by atoms with Gasteiger partial charge in [-0.3, -0.25) is 29.0 Å². The Bertz CT molecular complexity index is 782. The van der Waals surface area contributed by atoms with Crippen molar-refractivity contribution in [3.8, 4) is 0 Å². The third-order valence-electron chi connectivity index (χ3n) is 3.55. The lowest BCUT2D eigenvalue weighted by Gasteiger charge is -2.21. The number of amides is 2. The Morgan fingerprint density at radius 1 is 1.29 bits per heavy atom. The van der Waals surface area contributed by atoms with E-state index in [1.54, 1.807) is 32.5 Å². The van der Waals surface area contributed by atoms with Crippen molar-refractivity contribution in [2.45, 2.75) is 25.8 Å². The molecule has 0 aliphatic carbocycles. The topological polar surface area (TPSA) is 85.5 Å². The van der Waals surface area contributed by atoms with Gasteiger partial charge in [0.1, 0.15) is 6.04 Å². The Hall–Kier alpha value is -2.44. The van der Waals surface area contributed by atoms with Crippen LogP contribution in [0.5, 0.6) is 0 Å². The Morgan fingerprint density at radius 2 is 2.00 bits per heavy atom. The number of carbonyl (C=O) groups is 2. The smallest absolute Gasteiger partial charge is 0.296 e. The van der Waals surface area contributed by atoms with E-state index in [0.29, 0.717) is 17.1 Å². The number of hydrogen-bond donors (Lipinski definition) is 1. The van der Waals surface area contributed by atoms with Gasteiger partial charge in [0.25, 0.3) is 0 Å². The van der Waals surface area contributed by atoms with Crippen LogP contribution < -0.4 is 21.7 Å². The molecule has 0 aromatic carbocycles. The molecule has 1 N–H and O–H groups in total. The van der Waals surface area contributed by atoms with Crippen LogP contribution in [-0.4, -0.2) is 34.2 Å². The first-order valence-corrected chi connectivity index (χ1v) is 6.71. The average Bonchev–Trinajstić information content (AvgIpc) is 2.68. The molecule has 1 unspecified atom stereocenters. The second-order valence-electron chi connectivity index (χ2n) is 4.81. The van der Waals surface area contributed by atoms with Crippen molar-refractivity contribution >= 4 is 30.2 Å². The molecule has 7 nitrogen and oxygen atoms in total. The zero-order valence-electron chi connectivity index (χ0n) is 12.3. The third-order valence-corrected chi connectivity index (χ3v) is 3.55. The fraction of sp³-hybridized carbons (Fsp3) is 0.429. The SMILES string of the molecule is C\C=c1/c(=C\C=N/C)n(C2CCC(=O)NC2=O)c(=O)n1C. The van der Waals surface area contributed by atoms with E-state index in [2.05, 4.69) is 10.3 Å². The molecule has 0 radical (unpaired) electrons. The van der Waals surface area contributed by atoms with Crippen molar-refractivity contribution < 1.29 is 9.59 Å². The van der Waals surface area contributed by atoms with Gasteiger partial charge >= 0.3 is 5.69 Å². The van der Waals surface area contributed by atoms with Crippen molar-refractivity contribution in [1.29, 1.82) is 0 Å². The first kappa shape index (κ1) is 15.0. The summed E-state index contributed by atoms with van der Waals surface area (Å²) in [7, 11) is 3.28. The predicted octanol–water partition coefficient (Wildman–Crippen LogP) is -1.55. The number of aromatic nitrogens is 2. The molecule has 1 aromatic rings. The number of imidazole rings is 1. The molecule has 2 heterocycles. The highest BCUT2D eigenvalue weighted by Gasteiger charge is 2.30. The van der Waals surface area contributed by atoms with Crippen LogP contribution in [0.25, 0.3) is 12.2 Å². The first-order valence-electron chi connectivity index (χ1n) is 6.71. The highest BCUT2D eigenvalue weighted by Crippen LogP contribution is 2.14. The van der Waals surface area contributed by atoms with Crippen LogP contribution in [0.4, 0.5) is 0 Å². The summed E-state index contributed by atoms with van der Waals surface area (Å²) in [6.07, 6.45) is 5.62. The minimum atomic E-state index is -0.674. The van der Waals surface area contributed by atoms with Crippen molar-refractivity contribution in [2.75, 3.05) is 7.05 Å². The van der Waals surface area contributed by atoms with E-state index in [4.69, 9.17) is 0 Å². The van der Waals surface area contributed by atoms with Gasteiger partial charge in [-0.15, -0.1) is 0 Å². The minimum Gasteiger partial charge on any atom is -0.296 e. The van der Waals surface area contributed by atoms with Gasteiger partial charge < -0.3 is 0 Å². The summed E-state index contributed by atoms with van der Waals surface area (Å²) in [5.41, 5.74) is -0.284. The highest BCUT2D eigenvalue weighted by atomic mass is 16.2. The molecule has 0 bridgehead atoms. The predicted molar refractivity (Wildman–Crippen MR) is 79.4 cm³/mol. The lowest BCUT2D eigenvalue weighted by Crippen LogP contribution is -2.47. The van der Waals surface area contributed by atoms with Gasteiger partial charge in [-0.05, 0) is 19.4 Å². The van der Waals surface area contributed by atoms with Crippen LogP contribution in [0.2, 0.25) is 0 Å². The van der Waals surface area contributed by atoms with E-state index in [1.807, 2.05) is 6.92 Å². The van der Waals surface area contributed by atoms with Gasteiger partial charge in [0, 0.05) is 26.7 Å². The molecule has 1 aliphatic rings. The van der Waals surface area contributed by atoms with Gasteiger partial charge in [-0.25, -0.2) is 4.79 Å². The first-order chi connectivity index (χ1) is 10.0. The van der Waals surface area contributed by atoms with E-state index in [-0.39, 0.29) is 18.0 Å². The molecular weight excluding hydrogens is 272 g/mol. The van der Waals surface area contributed by atoms with Gasteiger partial charge in [-0.1, -0.05) is 6.08 Å². The molecule has 7 heteroatoms. The van der Waals surface area contributed by atoms with E-state index >= 15 is 0 Å². The quantitative estimate of drug-likeness (QED) is 0.528. The van der Waals surface area contributed by atoms with E-state index in [1.165, 1.54) is 9.13 Å². The van der Waals surface area contributed by atoms with Crippen LogP contribution in [-0.2, 0) is 16.6 Å². The molecule has 0 spiro atoms. The van der Waals surface area contributed by atoms with E-state index in [0.717, 1.165) is 0 Å². The molecule has 0 saturated carbocycles. The van der Waals surface area contributed by atoms with Gasteiger partial charge in [-0.2, -0.15) is 0 Å². The van der Waals surface area contributed by atoms with Crippen LogP contribution in [0.1, 0.15) is 25.8 Å². The van der Waals surface area contributed by atoms with Crippen LogP contribution in [0.3, 0.4) is 0 Å². The average molecular weight is 290 g/mol. The fourth-order valence-corrected chi connectivity index (χ4v) is 2.54. The number of hydrogen-bond acceptors (Lipinski definition) is 4. The largest absolute Gasteiger partial charge is 0.329 e. The number of aliphatic imine (C=N–C) groups is 1. The second kappa shape index (κ2) is 5.90. The van der Waals surface area contributed by atoms with Gasteiger partial charge in [0.05, 0.1) is 10.7 Å². The summed E-state index contributed by atoms with van der Waals surface area (Å²) in [6.45, 7) is 1.82. The summed E-state index contributed by atoms with van der Waals surface area (Å²) in [5, 5.41) is 3.61. The lowest BCUT2D eigenvalue weighted by atomic mass is 10.1. The second-order valence-corrected chi connectivity index (χ2v) is 4.81. The van der Waals surface area contributed by atoms with E-state index in [9.17, 15) is 14.4 Å². The Labute approximate surface area is 121 Å². The van der Waals surface area contributed by atoms with Gasteiger partial charge in [0.2, 0.25) is 11.8 Å². The normalized spacial score (nSPS) is 21.4. The van der Waals surface area contributed by atoms with Crippen molar-refractivity contribution in [3.05, 3.63) is 21.2 Å². The molecular formula is C14H18N4O3. The number of rotatable bonds is 2. The standard InChI is InChI=1S/C14H18N4O3/c1-4-9-10(7-8-15-2)18(14(21)17(9)3)11-5-6-12(19)16-13(11)20/h4,7-8,11H,5-6H2,1-3H3,(H,16,19,20)/b9-4+,10-7+,15-8-. The molecule has 1 atom stereocenters. The highest BCUT2D eigenvalue weighted by molar-refractivity contribution is 5.99. The van der Waals surface area contributed by atoms with Crippen molar-refractivity contribution in [3.63, 3.8) is 0 Å². The summed E-state index contributed by atoms with van der Waals surface area (Å²) < 4.78 is 2.91. The molecule has 112 valence electrons. The number of piperidine rings is 1.